The number of guanidine groups is 1. The smallest absolute Gasteiger partial charge is 0.326 e. The number of nitrogens with zero attached hydrogens (tertiary/aromatic N) is 1. The summed E-state index contributed by atoms with van der Waals surface area (Å²) < 4.78 is 0. The summed E-state index contributed by atoms with van der Waals surface area (Å²) in [6, 6.07) is -13.2. The van der Waals surface area contributed by atoms with E-state index in [0.29, 0.717) is 6.42 Å². The molecule has 28 nitrogen and oxygen atoms in total. The highest BCUT2D eigenvalue weighted by atomic mass is 16.4. The second-order valence-electron chi connectivity index (χ2n) is 21.3. The van der Waals surface area contributed by atoms with Crippen LogP contribution in [0.15, 0.2) is 4.99 Å². The van der Waals surface area contributed by atoms with Crippen LogP contribution in [0.25, 0.3) is 0 Å². The van der Waals surface area contributed by atoms with E-state index in [-0.39, 0.29) is 80.6 Å². The van der Waals surface area contributed by atoms with Gasteiger partial charge in [-0.15, -0.1) is 0 Å². The van der Waals surface area contributed by atoms with Gasteiger partial charge in [-0.3, -0.25) is 57.7 Å². The van der Waals surface area contributed by atoms with Crippen molar-refractivity contribution in [1.29, 1.82) is 0 Å². The van der Waals surface area contributed by atoms with Gasteiger partial charge in [0, 0.05) is 13.0 Å². The number of primary amides is 2. The molecule has 10 amide bonds. The van der Waals surface area contributed by atoms with E-state index in [1.54, 1.807) is 41.5 Å². The number of carboxylic acid groups (broad SMARTS) is 2. The molecule has 77 heavy (non-hydrogen) atoms. The minimum absolute atomic E-state index is 0.000404. The zero-order valence-electron chi connectivity index (χ0n) is 46.2. The monoisotopic (exact) mass is 1100 g/mol. The van der Waals surface area contributed by atoms with Crippen LogP contribution in [0.4, 0.5) is 0 Å². The van der Waals surface area contributed by atoms with E-state index < -0.39 is 151 Å². The predicted molar refractivity (Wildman–Crippen MR) is 283 cm³/mol. The number of carbonyl (C=O) groups is 12. The van der Waals surface area contributed by atoms with Crippen LogP contribution in [-0.4, -0.2) is 148 Å². The maximum absolute atomic E-state index is 14.2. The van der Waals surface area contributed by atoms with Crippen LogP contribution in [0, 0.1) is 29.6 Å². The summed E-state index contributed by atoms with van der Waals surface area (Å²) in [6.45, 7) is 17.6. The van der Waals surface area contributed by atoms with Crippen molar-refractivity contribution in [3.8, 4) is 0 Å². The Morgan fingerprint density at radius 1 is 0.390 bits per heavy atom. The van der Waals surface area contributed by atoms with Gasteiger partial charge < -0.3 is 81.4 Å². The Labute approximate surface area is 450 Å². The van der Waals surface area contributed by atoms with Gasteiger partial charge in [-0.05, 0) is 81.0 Å². The number of aliphatic imine (C=N–C) groups is 1. The van der Waals surface area contributed by atoms with Crippen molar-refractivity contribution in [3.63, 3.8) is 0 Å². The number of carbonyl (C=O) groups excluding carboxylic acids is 10. The first-order chi connectivity index (χ1) is 35.6. The molecule has 0 fully saturated rings. The third kappa shape index (κ3) is 30.3. The van der Waals surface area contributed by atoms with Crippen LogP contribution in [0.3, 0.4) is 0 Å². The molecule has 438 valence electrons. The highest BCUT2D eigenvalue weighted by Crippen LogP contribution is 2.14. The molecule has 0 heterocycles. The molecule has 0 aromatic rings. The van der Waals surface area contributed by atoms with E-state index in [2.05, 4.69) is 47.5 Å². The average Bonchev–Trinajstić information content (AvgIpc) is 3.28. The van der Waals surface area contributed by atoms with Crippen molar-refractivity contribution in [1.82, 2.24) is 42.5 Å². The van der Waals surface area contributed by atoms with Gasteiger partial charge in [0.15, 0.2) is 5.96 Å². The number of hydrogen-bond donors (Lipinski definition) is 15. The lowest BCUT2D eigenvalue weighted by atomic mass is 9.98. The summed E-state index contributed by atoms with van der Waals surface area (Å²) in [6.07, 6.45) is -2.56. The van der Waals surface area contributed by atoms with Crippen molar-refractivity contribution in [2.75, 3.05) is 6.54 Å². The second-order valence-corrected chi connectivity index (χ2v) is 21.3. The van der Waals surface area contributed by atoms with Gasteiger partial charge in [-0.1, -0.05) is 69.2 Å². The fourth-order valence-electron chi connectivity index (χ4n) is 7.72. The fraction of sp³-hybridized carbons (Fsp3) is 0.735. The van der Waals surface area contributed by atoms with Crippen LogP contribution in [0.1, 0.15) is 140 Å². The normalized spacial score (nSPS) is 14.8. The van der Waals surface area contributed by atoms with Crippen molar-refractivity contribution in [2.24, 2.45) is 63.3 Å². The lowest BCUT2D eigenvalue weighted by molar-refractivity contribution is -0.143. The zero-order chi connectivity index (χ0) is 59.4. The van der Waals surface area contributed by atoms with Crippen molar-refractivity contribution < 1.29 is 67.7 Å². The molecule has 0 saturated carbocycles. The molecule has 0 aliphatic carbocycles. The Hall–Kier alpha value is -7.13. The zero-order valence-corrected chi connectivity index (χ0v) is 46.2. The predicted octanol–water partition coefficient (Wildman–Crippen LogP) is -2.82. The third-order valence-corrected chi connectivity index (χ3v) is 11.3. The van der Waals surface area contributed by atoms with Gasteiger partial charge in [0.25, 0.3) is 0 Å². The van der Waals surface area contributed by atoms with E-state index in [1.165, 1.54) is 0 Å². The van der Waals surface area contributed by atoms with Gasteiger partial charge in [-0.2, -0.15) is 0 Å². The van der Waals surface area contributed by atoms with Crippen LogP contribution in [0.2, 0.25) is 0 Å². The molecule has 0 radical (unpaired) electrons. The highest BCUT2D eigenvalue weighted by Gasteiger charge is 2.36. The number of amides is 10. The number of rotatable bonds is 38. The Kier molecular flexibility index (Phi) is 32.0. The molecule has 0 bridgehead atoms. The molecule has 0 aromatic carbocycles. The number of nitrogens with one attached hydrogen (secondary N) is 8. The van der Waals surface area contributed by atoms with Crippen molar-refractivity contribution in [2.45, 2.75) is 194 Å². The lowest BCUT2D eigenvalue weighted by Gasteiger charge is -2.28. The number of nitrogens with two attached hydrogens (primary N) is 5. The molecule has 0 rings (SSSR count). The lowest BCUT2D eigenvalue weighted by Crippen LogP contribution is -2.61. The molecule has 28 heteroatoms. The summed E-state index contributed by atoms with van der Waals surface area (Å²) in [5, 5.41) is 39.2. The molecule has 20 N–H and O–H groups in total. The Morgan fingerprint density at radius 3 is 1.05 bits per heavy atom. The van der Waals surface area contributed by atoms with E-state index >= 15 is 0 Å². The topological polar surface area (TPSA) is 484 Å². The summed E-state index contributed by atoms with van der Waals surface area (Å²) in [5.74, 6) is -13.7. The number of aliphatic carboxylic acids is 2. The molecule has 9 atom stereocenters. The molecule has 0 aliphatic rings. The van der Waals surface area contributed by atoms with E-state index in [4.69, 9.17) is 28.7 Å². The molecular formula is C49H88N14O14. The average molecular weight is 1100 g/mol. The summed E-state index contributed by atoms with van der Waals surface area (Å²) >= 11 is 0. The molecule has 0 aromatic heterocycles. The van der Waals surface area contributed by atoms with E-state index in [9.17, 15) is 67.7 Å². The van der Waals surface area contributed by atoms with Crippen molar-refractivity contribution >= 4 is 77.0 Å². The van der Waals surface area contributed by atoms with Crippen LogP contribution in [0.5, 0.6) is 0 Å². The second kappa shape index (κ2) is 35.2. The first kappa shape index (κ1) is 69.9. The van der Waals surface area contributed by atoms with Gasteiger partial charge in [0.2, 0.25) is 59.1 Å². The third-order valence-electron chi connectivity index (χ3n) is 11.3. The molecule has 0 aliphatic heterocycles. The maximum atomic E-state index is 14.2. The maximum Gasteiger partial charge on any atom is 0.326 e. The minimum Gasteiger partial charge on any atom is -0.481 e. The summed E-state index contributed by atoms with van der Waals surface area (Å²) in [5.41, 5.74) is 27.8. The minimum atomic E-state index is -1.86. The first-order valence-corrected chi connectivity index (χ1v) is 25.9. The molecule has 0 spiro atoms. The largest absolute Gasteiger partial charge is 0.481 e. The molecule has 0 unspecified atom stereocenters. The summed E-state index contributed by atoms with van der Waals surface area (Å²) in [7, 11) is 0. The van der Waals surface area contributed by atoms with Crippen LogP contribution < -0.4 is 71.2 Å². The van der Waals surface area contributed by atoms with Crippen LogP contribution in [-0.2, 0) is 57.5 Å². The van der Waals surface area contributed by atoms with Gasteiger partial charge in [0.1, 0.15) is 48.3 Å². The SMILES string of the molecule is CC(C)C[C@H](NC(=O)[C@H](CCC(N)=O)NC(=O)[C@H](CC(N)=O)NC(=O)[C@H](CC(C)C)NC(=O)[C@H](CCCN=C(N)N)NC(=O)[C@H](CC(=O)O)NC(=O)[C@H](CC(C)C)NC(=O)[C@H](CC(C)C)NC(=O)[C@@H](N)CC(C)C)C(=O)O. The first-order valence-electron chi connectivity index (χ1n) is 25.9. The quantitative estimate of drug-likeness (QED) is 0.0168. The highest BCUT2D eigenvalue weighted by molar-refractivity contribution is 5.99. The number of carboxylic acids is 2. The van der Waals surface area contributed by atoms with E-state index in [1.807, 2.05) is 27.7 Å². The molecule has 0 saturated heterocycles. The van der Waals surface area contributed by atoms with Crippen LogP contribution >= 0.6 is 0 Å². The fourth-order valence-corrected chi connectivity index (χ4v) is 7.72. The van der Waals surface area contributed by atoms with Gasteiger partial charge >= 0.3 is 11.9 Å². The van der Waals surface area contributed by atoms with Crippen molar-refractivity contribution in [3.05, 3.63) is 0 Å². The summed E-state index contributed by atoms with van der Waals surface area (Å²) in [4.78, 5) is 162. The van der Waals surface area contributed by atoms with E-state index in [0.717, 1.165) is 0 Å². The Morgan fingerprint density at radius 2 is 0.701 bits per heavy atom. The molecular weight excluding hydrogens is 1010 g/mol. The standard InChI is InChI=1S/C49H88N14O14/c1-23(2)16-28(50)40(68)58-31(17-24(3)4)43(71)60-33(19-26(7)8)45(73)62-35(22-39(66)67)47(75)56-29(12-11-15-55-49(53)54)41(69)59-32(18-25(5)6)44(72)61-34(21-38(52)65)46(74)57-30(13-14-37(51)64)42(70)63-36(48(76)77)20-27(9)10/h23-36H,11-22,50H2,1-10H3,(H2,51,64)(H2,52,65)(H,56,75)(H,57,74)(H,58,68)(H,59,69)(H,60,71)(H,61,72)(H,62,73)(H,63,70)(H,66,67)(H,76,77)(H4,53,54,55)/t28-,29-,30-,31-,32-,33-,34-,35-,36-/m0/s1. The Balaban J connectivity index is 6.95. The Bertz CT molecular complexity index is 2060. The van der Waals surface area contributed by atoms with Gasteiger partial charge in [-0.25, -0.2) is 4.79 Å². The number of hydrogen-bond acceptors (Lipinski definition) is 14. The van der Waals surface area contributed by atoms with Gasteiger partial charge in [0.05, 0.1) is 18.9 Å².